The highest BCUT2D eigenvalue weighted by atomic mass is 32.2. The van der Waals surface area contributed by atoms with Crippen LogP contribution in [0.3, 0.4) is 0 Å². The van der Waals surface area contributed by atoms with Gasteiger partial charge in [0.1, 0.15) is 5.82 Å². The van der Waals surface area contributed by atoms with Crippen LogP contribution in [-0.2, 0) is 16.4 Å². The van der Waals surface area contributed by atoms with Crippen molar-refractivity contribution in [3.05, 3.63) is 53.3 Å². The Kier molecular flexibility index (Phi) is 4.18. The Labute approximate surface area is 123 Å². The maximum atomic E-state index is 13.2. The van der Waals surface area contributed by atoms with Gasteiger partial charge < -0.3 is 5.73 Å². The Hall–Kier alpha value is -2.08. The van der Waals surface area contributed by atoms with Crippen LogP contribution in [0.4, 0.5) is 15.8 Å². The summed E-state index contributed by atoms with van der Waals surface area (Å²) in [5.41, 5.74) is 8.00. The van der Waals surface area contributed by atoms with E-state index in [2.05, 4.69) is 4.72 Å². The van der Waals surface area contributed by atoms with Gasteiger partial charge in [-0.3, -0.25) is 4.72 Å². The largest absolute Gasteiger partial charge is 0.398 e. The van der Waals surface area contributed by atoms with Gasteiger partial charge in [0, 0.05) is 5.69 Å². The van der Waals surface area contributed by atoms with Crippen LogP contribution in [0, 0.1) is 12.7 Å². The molecule has 0 aromatic heterocycles. The predicted molar refractivity (Wildman–Crippen MR) is 82.2 cm³/mol. The maximum absolute atomic E-state index is 13.2. The molecule has 0 aliphatic carbocycles. The molecule has 3 N–H and O–H groups in total. The number of aryl methyl sites for hydroxylation is 2. The van der Waals surface area contributed by atoms with Gasteiger partial charge in [0.15, 0.2) is 0 Å². The third-order valence-corrected chi connectivity index (χ3v) is 4.60. The molecular weight excluding hydrogens is 291 g/mol. The van der Waals surface area contributed by atoms with Gasteiger partial charge >= 0.3 is 0 Å². The Morgan fingerprint density at radius 2 is 1.90 bits per heavy atom. The van der Waals surface area contributed by atoms with E-state index in [1.807, 2.05) is 6.92 Å². The van der Waals surface area contributed by atoms with Crippen LogP contribution >= 0.6 is 0 Å². The Bertz CT molecular complexity index is 773. The van der Waals surface area contributed by atoms with E-state index in [0.717, 1.165) is 18.1 Å². The quantitative estimate of drug-likeness (QED) is 0.853. The molecule has 0 aliphatic rings. The molecule has 2 aromatic carbocycles. The fourth-order valence-corrected chi connectivity index (χ4v) is 3.11. The van der Waals surface area contributed by atoms with Crippen molar-refractivity contribution in [3.63, 3.8) is 0 Å². The van der Waals surface area contributed by atoms with Crippen molar-refractivity contribution in [1.29, 1.82) is 0 Å². The van der Waals surface area contributed by atoms with Crippen LogP contribution in [0.25, 0.3) is 0 Å². The Balaban J connectivity index is 2.32. The zero-order valence-electron chi connectivity index (χ0n) is 11.9. The lowest BCUT2D eigenvalue weighted by Gasteiger charge is -2.11. The van der Waals surface area contributed by atoms with Gasteiger partial charge in [0.05, 0.1) is 10.6 Å². The van der Waals surface area contributed by atoms with Crippen molar-refractivity contribution in [2.45, 2.75) is 25.2 Å². The van der Waals surface area contributed by atoms with Gasteiger partial charge in [0.25, 0.3) is 10.0 Å². The molecule has 0 atom stereocenters. The topological polar surface area (TPSA) is 72.2 Å². The second kappa shape index (κ2) is 5.73. The SMILES string of the molecule is CCc1ccc(NS(=O)(=O)c2ccc(F)c(C)c2)cc1N. The molecule has 0 fully saturated rings. The normalized spacial score (nSPS) is 11.4. The first-order valence-corrected chi connectivity index (χ1v) is 7.99. The molecule has 2 aromatic rings. The van der Waals surface area contributed by atoms with Crippen molar-refractivity contribution < 1.29 is 12.8 Å². The van der Waals surface area contributed by atoms with Crippen molar-refractivity contribution in [3.8, 4) is 0 Å². The predicted octanol–water partition coefficient (Wildman–Crippen LogP) is 3.08. The van der Waals surface area contributed by atoms with Gasteiger partial charge in [-0.15, -0.1) is 0 Å². The third-order valence-electron chi connectivity index (χ3n) is 3.22. The smallest absolute Gasteiger partial charge is 0.261 e. The fourth-order valence-electron chi connectivity index (χ4n) is 1.98. The fraction of sp³-hybridized carbons (Fsp3) is 0.200. The molecule has 21 heavy (non-hydrogen) atoms. The Morgan fingerprint density at radius 3 is 2.48 bits per heavy atom. The van der Waals surface area contributed by atoms with E-state index < -0.39 is 15.8 Å². The molecule has 0 heterocycles. The average molecular weight is 308 g/mol. The number of sulfonamides is 1. The van der Waals surface area contributed by atoms with E-state index in [1.54, 1.807) is 18.2 Å². The molecule has 6 heteroatoms. The molecule has 0 bridgehead atoms. The minimum absolute atomic E-state index is 0.0135. The van der Waals surface area contributed by atoms with Crippen LogP contribution in [0.1, 0.15) is 18.1 Å². The molecule has 4 nitrogen and oxygen atoms in total. The summed E-state index contributed by atoms with van der Waals surface area (Å²) in [5.74, 6) is -0.439. The number of halogens is 1. The highest BCUT2D eigenvalue weighted by Crippen LogP contribution is 2.22. The summed E-state index contributed by atoms with van der Waals surface area (Å²) in [6.45, 7) is 3.49. The zero-order valence-corrected chi connectivity index (χ0v) is 12.7. The van der Waals surface area contributed by atoms with Crippen LogP contribution in [0.15, 0.2) is 41.3 Å². The second-order valence-corrected chi connectivity index (χ2v) is 6.47. The lowest BCUT2D eigenvalue weighted by Crippen LogP contribution is -2.13. The van der Waals surface area contributed by atoms with Gasteiger partial charge in [0.2, 0.25) is 0 Å². The number of nitrogens with one attached hydrogen (secondary N) is 1. The highest BCUT2D eigenvalue weighted by molar-refractivity contribution is 7.92. The molecule has 0 unspecified atom stereocenters. The van der Waals surface area contributed by atoms with E-state index in [1.165, 1.54) is 19.1 Å². The number of rotatable bonds is 4. The van der Waals surface area contributed by atoms with Crippen LogP contribution < -0.4 is 10.5 Å². The first-order chi connectivity index (χ1) is 9.83. The van der Waals surface area contributed by atoms with Gasteiger partial charge in [-0.25, -0.2) is 12.8 Å². The highest BCUT2D eigenvalue weighted by Gasteiger charge is 2.15. The summed E-state index contributed by atoms with van der Waals surface area (Å²) in [4.78, 5) is 0.0135. The van der Waals surface area contributed by atoms with Crippen molar-refractivity contribution in [2.24, 2.45) is 0 Å². The lowest BCUT2D eigenvalue weighted by atomic mass is 10.1. The molecule has 2 rings (SSSR count). The van der Waals surface area contributed by atoms with Crippen LogP contribution in [-0.4, -0.2) is 8.42 Å². The number of nitrogen functional groups attached to an aromatic ring is 1. The Morgan fingerprint density at radius 1 is 1.19 bits per heavy atom. The molecule has 0 spiro atoms. The van der Waals surface area contributed by atoms with E-state index in [9.17, 15) is 12.8 Å². The van der Waals surface area contributed by atoms with Gasteiger partial charge in [-0.05, 0) is 54.8 Å². The molecule has 0 saturated carbocycles. The standard InChI is InChI=1S/C15H17FN2O2S/c1-3-11-4-5-12(9-15(11)17)18-21(19,20)13-6-7-14(16)10(2)8-13/h4-9,18H,3,17H2,1-2H3. The summed E-state index contributed by atoms with van der Waals surface area (Å²) in [6.07, 6.45) is 0.774. The lowest BCUT2D eigenvalue weighted by molar-refractivity contribution is 0.598. The number of anilines is 2. The first kappa shape index (κ1) is 15.3. The van der Waals surface area contributed by atoms with Gasteiger partial charge in [-0.2, -0.15) is 0 Å². The van der Waals surface area contributed by atoms with E-state index in [0.29, 0.717) is 11.4 Å². The monoisotopic (exact) mass is 308 g/mol. The molecule has 0 radical (unpaired) electrons. The average Bonchev–Trinajstić information content (AvgIpc) is 2.41. The van der Waals surface area contributed by atoms with E-state index in [4.69, 9.17) is 5.73 Å². The summed E-state index contributed by atoms with van der Waals surface area (Å²) in [7, 11) is -3.76. The number of benzene rings is 2. The minimum atomic E-state index is -3.76. The van der Waals surface area contributed by atoms with Crippen molar-refractivity contribution >= 4 is 21.4 Å². The van der Waals surface area contributed by atoms with E-state index >= 15 is 0 Å². The number of hydrogen-bond donors (Lipinski definition) is 2. The number of nitrogens with two attached hydrogens (primary N) is 1. The first-order valence-electron chi connectivity index (χ1n) is 6.51. The van der Waals surface area contributed by atoms with E-state index in [-0.39, 0.29) is 10.5 Å². The molecule has 112 valence electrons. The second-order valence-electron chi connectivity index (χ2n) is 4.78. The summed E-state index contributed by atoms with van der Waals surface area (Å²) in [6, 6.07) is 8.67. The van der Waals surface area contributed by atoms with Crippen LogP contribution in [0.2, 0.25) is 0 Å². The minimum Gasteiger partial charge on any atom is -0.398 e. The molecule has 0 aliphatic heterocycles. The summed E-state index contributed by atoms with van der Waals surface area (Å²) < 4.78 is 40.2. The molecular formula is C15H17FN2O2S. The summed E-state index contributed by atoms with van der Waals surface area (Å²) >= 11 is 0. The van der Waals surface area contributed by atoms with Gasteiger partial charge in [-0.1, -0.05) is 13.0 Å². The molecule has 0 amide bonds. The zero-order chi connectivity index (χ0) is 15.6. The van der Waals surface area contributed by atoms with Crippen molar-refractivity contribution in [1.82, 2.24) is 0 Å². The van der Waals surface area contributed by atoms with Crippen molar-refractivity contribution in [2.75, 3.05) is 10.5 Å². The third kappa shape index (κ3) is 3.33. The molecule has 0 saturated heterocycles. The van der Waals surface area contributed by atoms with Crippen LogP contribution in [0.5, 0.6) is 0 Å². The summed E-state index contributed by atoms with van der Waals surface area (Å²) in [5, 5.41) is 0. The number of hydrogen-bond acceptors (Lipinski definition) is 3. The maximum Gasteiger partial charge on any atom is 0.261 e.